The van der Waals surface area contributed by atoms with Gasteiger partial charge in [-0.3, -0.25) is 9.36 Å². The van der Waals surface area contributed by atoms with E-state index in [0.29, 0.717) is 35.5 Å². The predicted molar refractivity (Wildman–Crippen MR) is 174 cm³/mol. The van der Waals surface area contributed by atoms with Gasteiger partial charge in [-0.25, -0.2) is 9.10 Å². The molecule has 2 heterocycles. The van der Waals surface area contributed by atoms with Crippen molar-refractivity contribution >= 4 is 34.4 Å². The minimum absolute atomic E-state index is 0.0125. The van der Waals surface area contributed by atoms with Crippen molar-refractivity contribution in [1.82, 2.24) is 8.87 Å². The number of unbranched alkanes of at least 4 members (excludes halogenated alkanes) is 1. The lowest BCUT2D eigenvalue weighted by molar-refractivity contribution is -0.141. The number of pyridine rings is 1. The summed E-state index contributed by atoms with van der Waals surface area (Å²) in [5.41, 5.74) is 1.07. The lowest BCUT2D eigenvalue weighted by Crippen LogP contribution is -2.43. The highest BCUT2D eigenvalue weighted by molar-refractivity contribution is 7.97. The highest BCUT2D eigenvalue weighted by atomic mass is 32.2. The van der Waals surface area contributed by atoms with Crippen molar-refractivity contribution in [3.05, 3.63) is 93.8 Å². The van der Waals surface area contributed by atoms with Crippen LogP contribution >= 0.6 is 11.9 Å². The van der Waals surface area contributed by atoms with Crippen molar-refractivity contribution in [3.63, 3.8) is 0 Å². The van der Waals surface area contributed by atoms with Gasteiger partial charge in [0.15, 0.2) is 0 Å². The number of benzene rings is 3. The number of hydrogen-bond donors (Lipinski definition) is 3. The fraction of sp³-hybridized carbons (Fsp3) is 0.371. The first-order chi connectivity index (χ1) is 22.2. The second kappa shape index (κ2) is 13.5. The Morgan fingerprint density at radius 3 is 2.48 bits per heavy atom. The summed E-state index contributed by atoms with van der Waals surface area (Å²) < 4.78 is 45.4. The molecule has 3 aromatic carbocycles. The molecule has 0 amide bonds. The Balaban J connectivity index is 1.65. The molecular weight excluding hydrogens is 615 g/mol. The molecule has 1 fully saturated rings. The summed E-state index contributed by atoms with van der Waals surface area (Å²) in [5, 5.41) is 25.5. The zero-order valence-corrected chi connectivity index (χ0v) is 26.0. The minimum atomic E-state index is -4.60. The molecule has 1 aliphatic carbocycles. The number of fused-ring (bicyclic) bond motifs is 2. The number of rotatable bonds is 10. The summed E-state index contributed by atoms with van der Waals surface area (Å²) in [4.78, 5) is 27.3. The maximum absolute atomic E-state index is 14.6. The van der Waals surface area contributed by atoms with Gasteiger partial charge in [-0.05, 0) is 77.2 Å². The predicted octanol–water partition coefficient (Wildman–Crippen LogP) is 7.35. The molecule has 1 unspecified atom stereocenters. The van der Waals surface area contributed by atoms with Crippen LogP contribution in [0.25, 0.3) is 21.9 Å². The molecule has 1 saturated carbocycles. The van der Waals surface area contributed by atoms with Crippen LogP contribution in [0, 0.1) is 0 Å². The molecule has 0 radical (unpaired) electrons. The van der Waals surface area contributed by atoms with Crippen LogP contribution in [-0.2, 0) is 17.4 Å². The number of carbonyl (C=O) groups is 1. The molecule has 7 nitrogen and oxygen atoms in total. The maximum Gasteiger partial charge on any atom is 0.416 e. The molecule has 1 atom stereocenters. The third-order valence-electron chi connectivity index (χ3n) is 8.90. The number of aliphatic hydroxyl groups excluding tert-OH is 1. The van der Waals surface area contributed by atoms with Crippen molar-refractivity contribution in [2.24, 2.45) is 0 Å². The molecule has 4 aromatic rings. The molecule has 46 heavy (non-hydrogen) atoms. The molecule has 2 aliphatic rings. The third-order valence-corrected chi connectivity index (χ3v) is 10.1. The van der Waals surface area contributed by atoms with E-state index in [0.717, 1.165) is 54.2 Å². The Kier molecular flexibility index (Phi) is 9.44. The van der Waals surface area contributed by atoms with Crippen LogP contribution in [0.2, 0.25) is 0 Å². The number of nitrogens with zero attached hydrogens (tertiary/aromatic N) is 2. The third kappa shape index (κ3) is 6.54. The quantitative estimate of drug-likeness (QED) is 0.122. The largest absolute Gasteiger partial charge is 0.480 e. The normalized spacial score (nSPS) is 17.3. The monoisotopic (exact) mass is 651 g/mol. The topological polar surface area (TPSA) is 94.8 Å². The molecule has 1 aliphatic heterocycles. The van der Waals surface area contributed by atoms with Gasteiger partial charge >= 0.3 is 12.1 Å². The number of nitrogens with one attached hydrogen (secondary N) is 1. The van der Waals surface area contributed by atoms with Crippen molar-refractivity contribution in [1.29, 1.82) is 0 Å². The number of anilines is 1. The standard InChI is InChI=1S/C35H36F3N3O4S/c36-35(37,38)25-13-8-12-24(19-25)30-28(20-23-11-7-10-22-9-1-4-16-27(22)23)31(39-26-14-2-3-15-26)32(43)41-29(34(44)45)21-40(46-33(30)41)17-5-6-18-42/h1,4,7-13,16,19,26,29,39,42H,2-3,5-6,14-15,17-18,20-21H2,(H,44,45). The summed E-state index contributed by atoms with van der Waals surface area (Å²) in [6.45, 7) is 0.454. The Bertz CT molecular complexity index is 1800. The van der Waals surface area contributed by atoms with Gasteiger partial charge in [0, 0.05) is 37.7 Å². The first-order valence-corrected chi connectivity index (χ1v) is 16.4. The first kappa shape index (κ1) is 32.2. The Hall–Kier alpha value is -3.80. The van der Waals surface area contributed by atoms with E-state index in [9.17, 15) is 33.0 Å². The number of halogens is 3. The van der Waals surface area contributed by atoms with Crippen LogP contribution in [0.1, 0.15) is 61.3 Å². The summed E-state index contributed by atoms with van der Waals surface area (Å²) in [5.74, 6) is -1.19. The fourth-order valence-electron chi connectivity index (χ4n) is 6.63. The Morgan fingerprint density at radius 2 is 1.74 bits per heavy atom. The number of aliphatic hydroxyl groups is 1. The number of aliphatic carboxylic acids is 1. The summed E-state index contributed by atoms with van der Waals surface area (Å²) in [6, 6.07) is 17.5. The van der Waals surface area contributed by atoms with Crippen molar-refractivity contribution in [2.75, 3.05) is 25.0 Å². The van der Waals surface area contributed by atoms with Gasteiger partial charge in [0.2, 0.25) is 0 Å². The number of carboxylic acid groups (broad SMARTS) is 1. The van der Waals surface area contributed by atoms with Gasteiger partial charge in [0.25, 0.3) is 5.56 Å². The minimum Gasteiger partial charge on any atom is -0.480 e. The SMILES string of the molecule is O=C(O)C1CN(CCCCO)Sc2c(-c3cccc(C(F)(F)F)c3)c(Cc3cccc4ccccc34)c(NC3CCCC3)c(=O)n21. The van der Waals surface area contributed by atoms with Gasteiger partial charge in [0.1, 0.15) is 16.8 Å². The summed E-state index contributed by atoms with van der Waals surface area (Å²) >= 11 is 1.20. The maximum atomic E-state index is 14.6. The zero-order chi connectivity index (χ0) is 32.4. The van der Waals surface area contributed by atoms with E-state index < -0.39 is 29.3 Å². The molecule has 0 saturated heterocycles. The van der Waals surface area contributed by atoms with Crippen LogP contribution in [0.4, 0.5) is 18.9 Å². The van der Waals surface area contributed by atoms with Gasteiger partial charge in [-0.1, -0.05) is 67.4 Å². The van der Waals surface area contributed by atoms with E-state index in [1.807, 2.05) is 46.8 Å². The number of hydrogen-bond acceptors (Lipinski definition) is 6. The average Bonchev–Trinajstić information content (AvgIpc) is 3.56. The highest BCUT2D eigenvalue weighted by Gasteiger charge is 2.38. The van der Waals surface area contributed by atoms with Gasteiger partial charge in [-0.15, -0.1) is 0 Å². The molecule has 242 valence electrons. The van der Waals surface area contributed by atoms with E-state index in [2.05, 4.69) is 5.32 Å². The van der Waals surface area contributed by atoms with Crippen molar-refractivity contribution in [3.8, 4) is 11.1 Å². The van der Waals surface area contributed by atoms with E-state index in [1.54, 1.807) is 6.07 Å². The number of carboxylic acids is 1. The van der Waals surface area contributed by atoms with E-state index in [1.165, 1.54) is 22.6 Å². The van der Waals surface area contributed by atoms with Crippen molar-refractivity contribution in [2.45, 2.75) is 68.2 Å². The highest BCUT2D eigenvalue weighted by Crippen LogP contribution is 2.45. The van der Waals surface area contributed by atoms with E-state index in [4.69, 9.17) is 0 Å². The van der Waals surface area contributed by atoms with E-state index >= 15 is 0 Å². The fourth-order valence-corrected chi connectivity index (χ4v) is 7.95. The van der Waals surface area contributed by atoms with Crippen LogP contribution in [-0.4, -0.2) is 50.8 Å². The lowest BCUT2D eigenvalue weighted by Gasteiger charge is -2.36. The van der Waals surface area contributed by atoms with Gasteiger partial charge in [0.05, 0.1) is 5.56 Å². The summed E-state index contributed by atoms with van der Waals surface area (Å²) in [6.07, 6.45) is 0.386. The molecule has 0 bridgehead atoms. The van der Waals surface area contributed by atoms with E-state index in [-0.39, 0.29) is 36.9 Å². The average molecular weight is 652 g/mol. The molecule has 0 spiro atoms. The van der Waals surface area contributed by atoms with Crippen LogP contribution in [0.15, 0.2) is 76.6 Å². The summed E-state index contributed by atoms with van der Waals surface area (Å²) in [7, 11) is 0. The molecule has 6 rings (SSSR count). The van der Waals surface area contributed by atoms with Crippen LogP contribution < -0.4 is 10.9 Å². The smallest absolute Gasteiger partial charge is 0.416 e. The van der Waals surface area contributed by atoms with Gasteiger partial charge < -0.3 is 15.5 Å². The zero-order valence-electron chi connectivity index (χ0n) is 25.2. The first-order valence-electron chi connectivity index (χ1n) is 15.6. The van der Waals surface area contributed by atoms with Crippen LogP contribution in [0.3, 0.4) is 0 Å². The van der Waals surface area contributed by atoms with Crippen LogP contribution in [0.5, 0.6) is 0 Å². The molecule has 1 aromatic heterocycles. The Labute approximate surface area is 269 Å². The molecular formula is C35H36F3N3O4S. The lowest BCUT2D eigenvalue weighted by atomic mass is 9.91. The molecule has 11 heteroatoms. The second-order valence-corrected chi connectivity index (χ2v) is 13.1. The van der Waals surface area contributed by atoms with Crippen molar-refractivity contribution < 1.29 is 28.2 Å². The second-order valence-electron chi connectivity index (χ2n) is 12.0. The van der Waals surface area contributed by atoms with Gasteiger partial charge in [-0.2, -0.15) is 13.2 Å². The molecule has 3 N–H and O–H groups in total. The number of aromatic nitrogens is 1. The Morgan fingerprint density at radius 1 is 1.00 bits per heavy atom. The number of alkyl halides is 3.